The van der Waals surface area contributed by atoms with Crippen molar-refractivity contribution in [3.8, 4) is 11.5 Å². The molecular weight excluding hydrogens is 476 g/mol. The molecular formula is C28H25ClN4O3. The number of methoxy groups -OCH3 is 2. The van der Waals surface area contributed by atoms with Gasteiger partial charge in [0.15, 0.2) is 11.5 Å². The van der Waals surface area contributed by atoms with Crippen LogP contribution in [-0.2, 0) is 0 Å². The number of amides is 1. The number of carbonyl (C=O) groups is 1. The van der Waals surface area contributed by atoms with Gasteiger partial charge in [-0.25, -0.2) is 4.68 Å². The average molecular weight is 501 g/mol. The number of hydrogen-bond acceptors (Lipinski definition) is 5. The molecule has 0 fully saturated rings. The lowest BCUT2D eigenvalue weighted by molar-refractivity contribution is 0.102. The molecule has 36 heavy (non-hydrogen) atoms. The van der Waals surface area contributed by atoms with E-state index < -0.39 is 0 Å². The molecule has 0 saturated carbocycles. The quantitative estimate of drug-likeness (QED) is 0.331. The minimum Gasteiger partial charge on any atom is -0.493 e. The zero-order valence-electron chi connectivity index (χ0n) is 20.1. The molecule has 8 heteroatoms. The van der Waals surface area contributed by atoms with Crippen molar-refractivity contribution in [3.05, 3.63) is 106 Å². The maximum absolute atomic E-state index is 13.3. The van der Waals surface area contributed by atoms with Gasteiger partial charge in [0.2, 0.25) is 0 Å². The topological polar surface area (TPSA) is 77.4 Å². The number of para-hydroxylation sites is 1. The number of carbonyl (C=O) groups excluding carboxylic acids is 1. The second-order valence-corrected chi connectivity index (χ2v) is 8.85. The Balaban J connectivity index is 1.60. The molecule has 0 bridgehead atoms. The highest BCUT2D eigenvalue weighted by Gasteiger charge is 2.30. The molecule has 0 unspecified atom stereocenters. The third-order valence-electron chi connectivity index (χ3n) is 6.10. The first-order valence-electron chi connectivity index (χ1n) is 11.4. The fourth-order valence-electron chi connectivity index (χ4n) is 4.26. The number of aryl methyl sites for hydroxylation is 1. The van der Waals surface area contributed by atoms with Crippen molar-refractivity contribution in [1.82, 2.24) is 9.78 Å². The van der Waals surface area contributed by atoms with Crippen molar-refractivity contribution in [3.63, 3.8) is 0 Å². The molecule has 1 aromatic heterocycles. The molecule has 1 amide bonds. The molecule has 1 aliphatic rings. The normalized spacial score (nSPS) is 14.3. The molecule has 0 aliphatic carbocycles. The SMILES string of the molecule is COc1cccc([C@@H]2C=C(c3ccc(C)cc3)Nc3c(C(=O)Nc4ccc(Cl)cc4)cnn32)c1OC. The largest absolute Gasteiger partial charge is 0.493 e. The van der Waals surface area contributed by atoms with Crippen molar-refractivity contribution in [2.24, 2.45) is 0 Å². The maximum Gasteiger partial charge on any atom is 0.261 e. The molecule has 0 radical (unpaired) electrons. The molecule has 2 N–H and O–H groups in total. The molecule has 7 nitrogen and oxygen atoms in total. The van der Waals surface area contributed by atoms with Crippen LogP contribution in [0, 0.1) is 6.92 Å². The van der Waals surface area contributed by atoms with E-state index in [9.17, 15) is 4.79 Å². The van der Waals surface area contributed by atoms with Gasteiger partial charge in [-0.15, -0.1) is 0 Å². The average Bonchev–Trinajstić information content (AvgIpc) is 3.33. The number of allylic oxidation sites excluding steroid dienone is 1. The summed E-state index contributed by atoms with van der Waals surface area (Å²) in [6, 6.07) is 20.6. The van der Waals surface area contributed by atoms with Gasteiger partial charge in [0.1, 0.15) is 17.4 Å². The Kier molecular flexibility index (Phi) is 6.40. The van der Waals surface area contributed by atoms with Gasteiger partial charge in [0, 0.05) is 22.0 Å². The van der Waals surface area contributed by atoms with Crippen molar-refractivity contribution in [1.29, 1.82) is 0 Å². The first kappa shape index (κ1) is 23.5. The molecule has 1 atom stereocenters. The maximum atomic E-state index is 13.3. The lowest BCUT2D eigenvalue weighted by Gasteiger charge is -2.27. The van der Waals surface area contributed by atoms with Gasteiger partial charge in [-0.2, -0.15) is 5.10 Å². The van der Waals surface area contributed by atoms with E-state index in [0.717, 1.165) is 22.4 Å². The van der Waals surface area contributed by atoms with Crippen LogP contribution in [0.15, 0.2) is 79.0 Å². The summed E-state index contributed by atoms with van der Waals surface area (Å²) in [5, 5.41) is 11.5. The van der Waals surface area contributed by atoms with Crippen LogP contribution >= 0.6 is 11.6 Å². The second-order valence-electron chi connectivity index (χ2n) is 8.41. The molecule has 2 heterocycles. The van der Waals surface area contributed by atoms with Crippen LogP contribution in [0.4, 0.5) is 11.5 Å². The zero-order valence-corrected chi connectivity index (χ0v) is 20.8. The third-order valence-corrected chi connectivity index (χ3v) is 6.35. The van der Waals surface area contributed by atoms with Crippen molar-refractivity contribution >= 4 is 34.7 Å². The standard InChI is InChI=1S/C28H25ClN4O3/c1-17-7-9-18(10-8-17)23-15-24(21-5-4-6-25(35-2)26(21)36-3)33-27(32-23)22(16-30-33)28(34)31-20-13-11-19(29)12-14-20/h4-16,24,32H,1-3H3,(H,31,34)/t24-/m0/s1. The van der Waals surface area contributed by atoms with Crippen molar-refractivity contribution in [2.45, 2.75) is 13.0 Å². The number of nitrogens with one attached hydrogen (secondary N) is 2. The number of anilines is 2. The van der Waals surface area contributed by atoms with Gasteiger partial charge in [-0.3, -0.25) is 4.79 Å². The molecule has 4 aromatic rings. The van der Waals surface area contributed by atoms with E-state index >= 15 is 0 Å². The molecule has 5 rings (SSSR count). The summed E-state index contributed by atoms with van der Waals surface area (Å²) in [6.07, 6.45) is 3.64. The van der Waals surface area contributed by atoms with Crippen LogP contribution in [0.25, 0.3) is 5.70 Å². The smallest absolute Gasteiger partial charge is 0.261 e. The van der Waals surface area contributed by atoms with Crippen molar-refractivity contribution in [2.75, 3.05) is 24.9 Å². The van der Waals surface area contributed by atoms with Gasteiger partial charge < -0.3 is 20.1 Å². The highest BCUT2D eigenvalue weighted by atomic mass is 35.5. The number of fused-ring (bicyclic) bond motifs is 1. The summed E-state index contributed by atoms with van der Waals surface area (Å²) < 4.78 is 13.0. The summed E-state index contributed by atoms with van der Waals surface area (Å²) in [6.45, 7) is 2.05. The van der Waals surface area contributed by atoms with Gasteiger partial charge in [0.05, 0.1) is 20.4 Å². The summed E-state index contributed by atoms with van der Waals surface area (Å²) in [4.78, 5) is 13.3. The number of rotatable bonds is 6. The van der Waals surface area contributed by atoms with E-state index in [4.69, 9.17) is 21.1 Å². The zero-order chi connectivity index (χ0) is 25.2. The molecule has 1 aliphatic heterocycles. The molecule has 182 valence electrons. The Bertz CT molecular complexity index is 1440. The number of halogens is 1. The van der Waals surface area contributed by atoms with E-state index in [-0.39, 0.29) is 11.9 Å². The van der Waals surface area contributed by atoms with Gasteiger partial charge in [0.25, 0.3) is 5.91 Å². The van der Waals surface area contributed by atoms with Crippen LogP contribution in [0.1, 0.15) is 33.1 Å². The van der Waals surface area contributed by atoms with E-state index in [1.165, 1.54) is 0 Å². The highest BCUT2D eigenvalue weighted by molar-refractivity contribution is 6.30. The fraction of sp³-hybridized carbons (Fsp3) is 0.143. The Morgan fingerprint density at radius 3 is 2.47 bits per heavy atom. The van der Waals surface area contributed by atoms with Crippen molar-refractivity contribution < 1.29 is 14.3 Å². The molecule has 3 aromatic carbocycles. The van der Waals surface area contributed by atoms with Gasteiger partial charge in [-0.1, -0.05) is 53.6 Å². The first-order valence-corrected chi connectivity index (χ1v) is 11.8. The fourth-order valence-corrected chi connectivity index (χ4v) is 4.39. The Hall–Kier alpha value is -4.23. The van der Waals surface area contributed by atoms with Gasteiger partial charge >= 0.3 is 0 Å². The summed E-state index contributed by atoms with van der Waals surface area (Å²) in [5.74, 6) is 1.52. The summed E-state index contributed by atoms with van der Waals surface area (Å²) in [5.41, 5.74) is 4.92. The Morgan fingerprint density at radius 1 is 1.03 bits per heavy atom. The minimum atomic E-state index is -0.348. The lowest BCUT2D eigenvalue weighted by atomic mass is 9.99. The number of hydrogen-bond donors (Lipinski definition) is 2. The highest BCUT2D eigenvalue weighted by Crippen LogP contribution is 2.41. The van der Waals surface area contributed by atoms with E-state index in [1.807, 2.05) is 37.3 Å². The summed E-state index contributed by atoms with van der Waals surface area (Å²) >= 11 is 5.99. The van der Waals surface area contributed by atoms with Crippen LogP contribution in [0.2, 0.25) is 5.02 Å². The van der Waals surface area contributed by atoms with Crippen LogP contribution in [-0.4, -0.2) is 29.9 Å². The third kappa shape index (κ3) is 4.41. The van der Waals surface area contributed by atoms with Gasteiger partial charge in [-0.05, 0) is 48.9 Å². The van der Waals surface area contributed by atoms with E-state index in [1.54, 1.807) is 49.4 Å². The van der Waals surface area contributed by atoms with Crippen LogP contribution in [0.5, 0.6) is 11.5 Å². The van der Waals surface area contributed by atoms with E-state index in [2.05, 4.69) is 33.9 Å². The molecule has 0 saturated heterocycles. The minimum absolute atomic E-state index is 0.285. The predicted molar refractivity (Wildman–Crippen MR) is 142 cm³/mol. The second kappa shape index (κ2) is 9.79. The monoisotopic (exact) mass is 500 g/mol. The van der Waals surface area contributed by atoms with Crippen LogP contribution in [0.3, 0.4) is 0 Å². The molecule has 0 spiro atoms. The summed E-state index contributed by atoms with van der Waals surface area (Å²) in [7, 11) is 3.22. The Morgan fingerprint density at radius 2 is 1.78 bits per heavy atom. The van der Waals surface area contributed by atoms with E-state index in [0.29, 0.717) is 33.6 Å². The van der Waals surface area contributed by atoms with Crippen LogP contribution < -0.4 is 20.1 Å². The first-order chi connectivity index (χ1) is 17.5. The lowest BCUT2D eigenvalue weighted by Crippen LogP contribution is -2.22. The Labute approximate surface area is 214 Å². The number of nitrogens with zero attached hydrogens (tertiary/aromatic N) is 2. The number of ether oxygens (including phenoxy) is 2. The predicted octanol–water partition coefficient (Wildman–Crippen LogP) is 6.17. The number of aromatic nitrogens is 2. The number of benzene rings is 3.